The molecule has 488 valence electrons. The molecule has 0 saturated carbocycles. The third-order valence-electron chi connectivity index (χ3n) is 16.4. The Morgan fingerprint density at radius 1 is 0.361 bits per heavy atom. The Hall–Kier alpha value is -2.49. The van der Waals surface area contributed by atoms with Gasteiger partial charge in [-0.15, -0.1) is 0 Å². The van der Waals surface area contributed by atoms with Crippen molar-refractivity contribution in [3.05, 3.63) is 36.5 Å². The van der Waals surface area contributed by atoms with Crippen LogP contribution in [0.15, 0.2) is 36.5 Å². The van der Waals surface area contributed by atoms with Crippen LogP contribution in [0.3, 0.4) is 0 Å². The van der Waals surface area contributed by atoms with E-state index in [1.807, 2.05) is 21.1 Å². The Labute approximate surface area is 515 Å². The number of carbonyl (C=O) groups excluding carboxylic acids is 3. The van der Waals surface area contributed by atoms with E-state index in [0.717, 1.165) is 70.6 Å². The molecule has 0 rings (SSSR count). The summed E-state index contributed by atoms with van der Waals surface area (Å²) < 4.78 is 22.8. The molecule has 0 fully saturated rings. The zero-order chi connectivity index (χ0) is 60.5. The molecule has 0 heterocycles. The molecule has 0 N–H and O–H groups in total. The molecule has 0 aromatic rings. The fraction of sp³-hybridized carbons (Fsp3) is 0.878. The second kappa shape index (κ2) is 65.5. The summed E-state index contributed by atoms with van der Waals surface area (Å²) in [6.07, 6.45) is 79.7. The number of quaternary nitrogens is 1. The minimum absolute atomic E-state index is 0.146. The molecule has 0 aliphatic carbocycles. The Morgan fingerprint density at radius 2 is 0.651 bits per heavy atom. The molecular formula is C74H139NO8. The predicted molar refractivity (Wildman–Crippen MR) is 353 cm³/mol. The van der Waals surface area contributed by atoms with Crippen molar-refractivity contribution in [3.8, 4) is 0 Å². The number of allylic oxidation sites excluding steroid dienone is 6. The standard InChI is InChI=1S/C74H139NO8/c1-6-8-10-12-14-16-18-20-22-24-26-28-29-30-31-32-33-34-35-36-37-38-39-40-41-42-43-45-46-48-50-52-54-56-58-60-62-64-71(76)81-68-70(69-82-74(73(78)79)80-67-66-75(3,4)5)83-72(77)65-63-61-59-57-55-53-51-49-47-44-27-25-23-21-19-17-15-13-11-9-7-2/h19,21,25,27,47,49,70,74H,6-18,20,22-24,26,28-46,48,50-69H2,1-5H3/b21-19-,27-25-,49-47-. The van der Waals surface area contributed by atoms with Gasteiger partial charge in [0.2, 0.25) is 0 Å². The van der Waals surface area contributed by atoms with Crippen molar-refractivity contribution in [1.29, 1.82) is 0 Å². The monoisotopic (exact) mass is 1170 g/mol. The van der Waals surface area contributed by atoms with Gasteiger partial charge in [-0.1, -0.05) is 333 Å². The number of hydrogen-bond acceptors (Lipinski definition) is 8. The van der Waals surface area contributed by atoms with E-state index in [4.69, 9.17) is 18.9 Å². The third-order valence-corrected chi connectivity index (χ3v) is 16.4. The van der Waals surface area contributed by atoms with Gasteiger partial charge in [0.05, 0.1) is 40.3 Å². The summed E-state index contributed by atoms with van der Waals surface area (Å²) >= 11 is 0. The highest BCUT2D eigenvalue weighted by atomic mass is 16.7. The molecule has 0 radical (unpaired) electrons. The van der Waals surface area contributed by atoms with Crippen LogP contribution < -0.4 is 5.11 Å². The van der Waals surface area contributed by atoms with Crippen LogP contribution in [0.2, 0.25) is 0 Å². The summed E-state index contributed by atoms with van der Waals surface area (Å²) in [5.74, 6) is -2.28. The van der Waals surface area contributed by atoms with E-state index in [9.17, 15) is 19.5 Å². The Kier molecular flexibility index (Phi) is 63.5. The smallest absolute Gasteiger partial charge is 0.306 e. The Balaban J connectivity index is 3.98. The number of likely N-dealkylation sites (N-methyl/N-ethyl adjacent to an activating group) is 1. The van der Waals surface area contributed by atoms with E-state index in [1.54, 1.807) is 0 Å². The van der Waals surface area contributed by atoms with E-state index in [0.29, 0.717) is 23.9 Å². The number of carboxylic acid groups (broad SMARTS) is 1. The topological polar surface area (TPSA) is 111 Å². The van der Waals surface area contributed by atoms with E-state index < -0.39 is 24.3 Å². The summed E-state index contributed by atoms with van der Waals surface area (Å²) in [5.41, 5.74) is 0. The van der Waals surface area contributed by atoms with Gasteiger partial charge in [-0.2, -0.15) is 0 Å². The van der Waals surface area contributed by atoms with Crippen molar-refractivity contribution < 1.29 is 42.9 Å². The lowest BCUT2D eigenvalue weighted by Crippen LogP contribution is -2.44. The molecule has 0 spiro atoms. The number of carbonyl (C=O) groups is 3. The van der Waals surface area contributed by atoms with Crippen LogP contribution in [-0.4, -0.2) is 82.3 Å². The van der Waals surface area contributed by atoms with Crippen LogP contribution in [0.1, 0.15) is 361 Å². The maximum absolute atomic E-state index is 12.9. The number of ether oxygens (including phenoxy) is 4. The number of esters is 2. The molecule has 0 aliphatic rings. The summed E-state index contributed by atoms with van der Waals surface area (Å²) in [5, 5.41) is 11.8. The quantitative estimate of drug-likeness (QED) is 0.0195. The summed E-state index contributed by atoms with van der Waals surface area (Å²) in [6.45, 7) is 4.78. The number of carboxylic acids is 1. The summed E-state index contributed by atoms with van der Waals surface area (Å²) in [6, 6.07) is 0. The first-order valence-electron chi connectivity index (χ1n) is 36.1. The van der Waals surface area contributed by atoms with Crippen molar-refractivity contribution in [2.45, 2.75) is 373 Å². The van der Waals surface area contributed by atoms with Crippen LogP contribution >= 0.6 is 0 Å². The van der Waals surface area contributed by atoms with Gasteiger partial charge in [0.1, 0.15) is 13.2 Å². The maximum atomic E-state index is 12.9. The van der Waals surface area contributed by atoms with Crippen molar-refractivity contribution >= 4 is 17.9 Å². The lowest BCUT2D eigenvalue weighted by atomic mass is 10.0. The highest BCUT2D eigenvalue weighted by Gasteiger charge is 2.22. The van der Waals surface area contributed by atoms with Gasteiger partial charge >= 0.3 is 11.9 Å². The van der Waals surface area contributed by atoms with Gasteiger partial charge in [0, 0.05) is 12.8 Å². The van der Waals surface area contributed by atoms with Crippen LogP contribution in [0.25, 0.3) is 0 Å². The molecule has 9 heteroatoms. The first-order valence-corrected chi connectivity index (χ1v) is 36.1. The molecule has 2 unspecified atom stereocenters. The lowest BCUT2D eigenvalue weighted by molar-refractivity contribution is -0.870. The first kappa shape index (κ1) is 80.5. The van der Waals surface area contributed by atoms with Gasteiger partial charge in [0.15, 0.2) is 12.4 Å². The molecule has 83 heavy (non-hydrogen) atoms. The molecule has 0 aromatic carbocycles. The normalized spacial score (nSPS) is 12.8. The van der Waals surface area contributed by atoms with Crippen molar-refractivity contribution in [2.24, 2.45) is 0 Å². The minimum Gasteiger partial charge on any atom is -0.545 e. The van der Waals surface area contributed by atoms with Gasteiger partial charge in [-0.25, -0.2) is 0 Å². The first-order chi connectivity index (χ1) is 40.6. The average molecular weight is 1170 g/mol. The zero-order valence-electron chi connectivity index (χ0n) is 55.8. The molecule has 0 bridgehead atoms. The molecule has 2 atom stereocenters. The maximum Gasteiger partial charge on any atom is 0.306 e. The number of hydrogen-bond donors (Lipinski definition) is 0. The van der Waals surface area contributed by atoms with Crippen molar-refractivity contribution in [3.63, 3.8) is 0 Å². The van der Waals surface area contributed by atoms with Crippen LogP contribution in [0, 0.1) is 0 Å². The third kappa shape index (κ3) is 66.9. The van der Waals surface area contributed by atoms with Crippen LogP contribution in [-0.2, 0) is 33.3 Å². The minimum atomic E-state index is -1.62. The summed E-state index contributed by atoms with van der Waals surface area (Å²) in [7, 11) is 5.93. The molecule has 0 amide bonds. The average Bonchev–Trinajstić information content (AvgIpc) is 3.46. The number of unbranched alkanes of at least 4 members (excludes halogenated alkanes) is 47. The fourth-order valence-electron chi connectivity index (χ4n) is 10.8. The number of rotatable bonds is 68. The highest BCUT2D eigenvalue weighted by molar-refractivity contribution is 5.70. The second-order valence-corrected chi connectivity index (χ2v) is 25.9. The van der Waals surface area contributed by atoms with Gasteiger partial charge in [-0.3, -0.25) is 9.59 Å². The van der Waals surface area contributed by atoms with E-state index in [2.05, 4.69) is 50.3 Å². The van der Waals surface area contributed by atoms with Crippen LogP contribution in [0.4, 0.5) is 0 Å². The van der Waals surface area contributed by atoms with Crippen molar-refractivity contribution in [2.75, 3.05) is 47.5 Å². The largest absolute Gasteiger partial charge is 0.545 e. The predicted octanol–water partition coefficient (Wildman–Crippen LogP) is 21.0. The zero-order valence-corrected chi connectivity index (χ0v) is 55.8. The Bertz CT molecular complexity index is 1450. The molecule has 0 saturated heterocycles. The molecule has 0 aromatic heterocycles. The van der Waals surface area contributed by atoms with Gasteiger partial charge < -0.3 is 33.3 Å². The molecule has 9 nitrogen and oxygen atoms in total. The summed E-state index contributed by atoms with van der Waals surface area (Å²) in [4.78, 5) is 37.4. The second-order valence-electron chi connectivity index (χ2n) is 25.9. The van der Waals surface area contributed by atoms with Crippen LogP contribution in [0.5, 0.6) is 0 Å². The molecule has 0 aliphatic heterocycles. The lowest BCUT2D eigenvalue weighted by Gasteiger charge is -2.26. The highest BCUT2D eigenvalue weighted by Crippen LogP contribution is 2.19. The van der Waals surface area contributed by atoms with Crippen molar-refractivity contribution in [1.82, 2.24) is 0 Å². The number of aliphatic carboxylic acids is 1. The van der Waals surface area contributed by atoms with E-state index >= 15 is 0 Å². The number of nitrogens with zero attached hydrogens (tertiary/aromatic N) is 1. The fourth-order valence-corrected chi connectivity index (χ4v) is 10.8. The van der Waals surface area contributed by atoms with E-state index in [1.165, 1.54) is 257 Å². The van der Waals surface area contributed by atoms with Gasteiger partial charge in [-0.05, 0) is 51.4 Å². The molecular weight excluding hydrogens is 1030 g/mol. The van der Waals surface area contributed by atoms with E-state index in [-0.39, 0.29) is 32.2 Å². The van der Waals surface area contributed by atoms with Gasteiger partial charge in [0.25, 0.3) is 0 Å². The Morgan fingerprint density at radius 3 is 0.964 bits per heavy atom. The SMILES string of the molecule is CCCCCCC/C=C\C/C=C\C/C=C\CCCCCCCCC(=O)OC(COC(=O)CCCCCCCCCCCCCCCCCCCCCCCCCCCCCCCCCCCCCCC)COC(OCC[N+](C)(C)C)C(=O)[O-].